The van der Waals surface area contributed by atoms with Crippen molar-refractivity contribution >= 4 is 28.9 Å². The fourth-order valence-electron chi connectivity index (χ4n) is 1.50. The molecule has 0 aliphatic carbocycles. The van der Waals surface area contributed by atoms with E-state index in [0.717, 1.165) is 0 Å². The van der Waals surface area contributed by atoms with Gasteiger partial charge in [0, 0.05) is 9.95 Å². The molecule has 0 saturated heterocycles. The summed E-state index contributed by atoms with van der Waals surface area (Å²) in [4.78, 5) is 21.3. The Morgan fingerprint density at radius 3 is 2.88 bits per heavy atom. The molecule has 2 rings (SSSR count). The molecule has 2 N–H and O–H groups in total. The molecular formula is C9H8ClN3O3. The minimum absolute atomic E-state index is 0.411. The number of nitrogens with one attached hydrogen (secondary N) is 2. The first-order valence-corrected chi connectivity index (χ1v) is 4.93. The molecule has 1 unspecified atom stereocenters. The Labute approximate surface area is 95.7 Å². The summed E-state index contributed by atoms with van der Waals surface area (Å²) in [5.74, 6) is -0.411. The SMILES string of the molecule is O=C1Nc2ccc(Cl)cc2NC1C[N+](=O)[O-]. The van der Waals surface area contributed by atoms with Crippen LogP contribution in [0.3, 0.4) is 0 Å². The van der Waals surface area contributed by atoms with Gasteiger partial charge in [-0.1, -0.05) is 11.6 Å². The third kappa shape index (κ3) is 2.06. The van der Waals surface area contributed by atoms with Crippen LogP contribution in [0.2, 0.25) is 5.02 Å². The van der Waals surface area contributed by atoms with Gasteiger partial charge in [0.05, 0.1) is 11.4 Å². The Morgan fingerprint density at radius 2 is 2.19 bits per heavy atom. The van der Waals surface area contributed by atoms with E-state index >= 15 is 0 Å². The number of nitrogens with zero attached hydrogens (tertiary/aromatic N) is 1. The molecule has 1 atom stereocenters. The van der Waals surface area contributed by atoms with Crippen LogP contribution in [0.15, 0.2) is 18.2 Å². The minimum atomic E-state index is -0.860. The van der Waals surface area contributed by atoms with Crippen molar-refractivity contribution in [2.45, 2.75) is 6.04 Å². The lowest BCUT2D eigenvalue weighted by atomic mass is 10.1. The second-order valence-corrected chi connectivity index (χ2v) is 3.83. The Hall–Kier alpha value is -1.82. The van der Waals surface area contributed by atoms with Gasteiger partial charge in [-0.15, -0.1) is 0 Å². The van der Waals surface area contributed by atoms with Crippen molar-refractivity contribution < 1.29 is 9.72 Å². The molecule has 6 nitrogen and oxygen atoms in total. The lowest BCUT2D eigenvalue weighted by Crippen LogP contribution is -2.43. The fraction of sp³-hybridized carbons (Fsp3) is 0.222. The second kappa shape index (κ2) is 3.97. The Balaban J connectivity index is 2.26. The summed E-state index contributed by atoms with van der Waals surface area (Å²) in [6, 6.07) is 4.03. The molecule has 0 bridgehead atoms. The largest absolute Gasteiger partial charge is 0.367 e. The van der Waals surface area contributed by atoms with Crippen LogP contribution >= 0.6 is 11.6 Å². The smallest absolute Gasteiger partial charge is 0.253 e. The summed E-state index contributed by atoms with van der Waals surface area (Å²) in [6.45, 7) is -0.461. The van der Waals surface area contributed by atoms with Crippen LogP contribution in [-0.2, 0) is 4.79 Å². The van der Waals surface area contributed by atoms with Gasteiger partial charge in [0.1, 0.15) is 0 Å². The van der Waals surface area contributed by atoms with Crippen molar-refractivity contribution in [1.82, 2.24) is 0 Å². The molecule has 1 aromatic rings. The molecule has 1 amide bonds. The van der Waals surface area contributed by atoms with Crippen molar-refractivity contribution in [3.8, 4) is 0 Å². The van der Waals surface area contributed by atoms with Crippen molar-refractivity contribution in [3.63, 3.8) is 0 Å². The van der Waals surface area contributed by atoms with Crippen LogP contribution in [-0.4, -0.2) is 23.4 Å². The first-order chi connectivity index (χ1) is 7.56. The van der Waals surface area contributed by atoms with Gasteiger partial charge in [0.2, 0.25) is 6.54 Å². The van der Waals surface area contributed by atoms with Gasteiger partial charge < -0.3 is 10.6 Å². The van der Waals surface area contributed by atoms with Gasteiger partial charge in [0.25, 0.3) is 5.91 Å². The van der Waals surface area contributed by atoms with Gasteiger partial charge >= 0.3 is 0 Å². The fourth-order valence-corrected chi connectivity index (χ4v) is 1.67. The standard InChI is InChI=1S/C9H8ClN3O3/c10-5-1-2-6-7(3-5)11-8(4-13(15)16)9(14)12-6/h1-3,8,11H,4H2,(H,12,14). The van der Waals surface area contributed by atoms with Gasteiger partial charge in [-0.3, -0.25) is 14.9 Å². The molecule has 1 aromatic carbocycles. The minimum Gasteiger partial charge on any atom is -0.367 e. The average Bonchev–Trinajstić information content (AvgIpc) is 2.19. The molecule has 1 heterocycles. The summed E-state index contributed by atoms with van der Waals surface area (Å²) in [5.41, 5.74) is 1.17. The van der Waals surface area contributed by atoms with Crippen molar-refractivity contribution in [3.05, 3.63) is 33.3 Å². The van der Waals surface area contributed by atoms with Crippen molar-refractivity contribution in [2.24, 2.45) is 0 Å². The number of rotatable bonds is 2. The lowest BCUT2D eigenvalue weighted by molar-refractivity contribution is -0.479. The van der Waals surface area contributed by atoms with E-state index in [0.29, 0.717) is 16.4 Å². The van der Waals surface area contributed by atoms with E-state index in [-0.39, 0.29) is 0 Å². The molecule has 7 heteroatoms. The predicted octanol–water partition coefficient (Wildman–Crippen LogP) is 1.35. The number of hydrogen-bond acceptors (Lipinski definition) is 4. The topological polar surface area (TPSA) is 84.3 Å². The summed E-state index contributed by atoms with van der Waals surface area (Å²) in [6.07, 6.45) is 0. The number of hydrogen-bond donors (Lipinski definition) is 2. The molecule has 0 fully saturated rings. The number of carbonyl (C=O) groups is 1. The van der Waals surface area contributed by atoms with Crippen LogP contribution in [0.1, 0.15) is 0 Å². The highest BCUT2D eigenvalue weighted by Gasteiger charge is 2.29. The molecule has 16 heavy (non-hydrogen) atoms. The van der Waals surface area contributed by atoms with Crippen LogP contribution in [0.5, 0.6) is 0 Å². The highest BCUT2D eigenvalue weighted by Crippen LogP contribution is 2.29. The van der Waals surface area contributed by atoms with E-state index in [4.69, 9.17) is 11.6 Å². The normalized spacial score (nSPS) is 18.3. The maximum absolute atomic E-state index is 11.5. The number of nitro groups is 1. The molecule has 1 aliphatic heterocycles. The molecule has 0 saturated carbocycles. The van der Waals surface area contributed by atoms with E-state index in [1.165, 1.54) is 0 Å². The number of halogens is 1. The van der Waals surface area contributed by atoms with Crippen LogP contribution in [0.25, 0.3) is 0 Å². The summed E-state index contributed by atoms with van der Waals surface area (Å²) < 4.78 is 0. The Bertz CT molecular complexity index is 463. The summed E-state index contributed by atoms with van der Waals surface area (Å²) in [7, 11) is 0. The molecule has 1 aliphatic rings. The Kier molecular flexibility index (Phi) is 2.66. The maximum atomic E-state index is 11.5. The highest BCUT2D eigenvalue weighted by molar-refractivity contribution is 6.31. The number of benzene rings is 1. The van der Waals surface area contributed by atoms with E-state index in [9.17, 15) is 14.9 Å². The third-order valence-corrected chi connectivity index (χ3v) is 2.45. The van der Waals surface area contributed by atoms with Crippen molar-refractivity contribution in [2.75, 3.05) is 17.2 Å². The van der Waals surface area contributed by atoms with E-state index in [1.54, 1.807) is 18.2 Å². The van der Waals surface area contributed by atoms with E-state index in [1.807, 2.05) is 0 Å². The number of fused-ring (bicyclic) bond motifs is 1. The molecular weight excluding hydrogens is 234 g/mol. The van der Waals surface area contributed by atoms with Crippen LogP contribution in [0.4, 0.5) is 11.4 Å². The summed E-state index contributed by atoms with van der Waals surface area (Å²) >= 11 is 5.78. The zero-order valence-corrected chi connectivity index (χ0v) is 8.82. The van der Waals surface area contributed by atoms with Crippen LogP contribution in [0, 0.1) is 10.1 Å². The van der Waals surface area contributed by atoms with Gasteiger partial charge in [-0.05, 0) is 18.2 Å². The van der Waals surface area contributed by atoms with E-state index in [2.05, 4.69) is 10.6 Å². The van der Waals surface area contributed by atoms with Gasteiger partial charge in [-0.25, -0.2) is 0 Å². The molecule has 0 aromatic heterocycles. The zero-order chi connectivity index (χ0) is 11.7. The lowest BCUT2D eigenvalue weighted by Gasteiger charge is -2.24. The molecule has 84 valence electrons. The first kappa shape index (κ1) is 10.7. The van der Waals surface area contributed by atoms with Crippen molar-refractivity contribution in [1.29, 1.82) is 0 Å². The monoisotopic (exact) mass is 241 g/mol. The summed E-state index contributed by atoms with van der Waals surface area (Å²) in [5, 5.41) is 16.2. The first-order valence-electron chi connectivity index (χ1n) is 4.55. The number of amides is 1. The number of anilines is 2. The molecule has 0 radical (unpaired) electrons. The third-order valence-electron chi connectivity index (χ3n) is 2.22. The van der Waals surface area contributed by atoms with Crippen LogP contribution < -0.4 is 10.6 Å². The second-order valence-electron chi connectivity index (χ2n) is 3.39. The van der Waals surface area contributed by atoms with Gasteiger partial charge in [0.15, 0.2) is 6.04 Å². The highest BCUT2D eigenvalue weighted by atomic mass is 35.5. The maximum Gasteiger partial charge on any atom is 0.253 e. The molecule has 0 spiro atoms. The Morgan fingerprint density at radius 1 is 1.44 bits per heavy atom. The zero-order valence-electron chi connectivity index (χ0n) is 8.07. The predicted molar refractivity (Wildman–Crippen MR) is 59.4 cm³/mol. The average molecular weight is 242 g/mol. The van der Waals surface area contributed by atoms with E-state index < -0.39 is 23.4 Å². The quantitative estimate of drug-likeness (QED) is 0.605. The number of carbonyl (C=O) groups excluding carboxylic acids is 1. The van der Waals surface area contributed by atoms with Gasteiger partial charge in [-0.2, -0.15) is 0 Å².